The molecule has 2 rings (SSSR count). The van der Waals surface area contributed by atoms with Crippen molar-refractivity contribution in [1.29, 1.82) is 0 Å². The van der Waals surface area contributed by atoms with Gasteiger partial charge in [0, 0.05) is 12.1 Å². The van der Waals surface area contributed by atoms with E-state index in [1.807, 2.05) is 44.2 Å². The normalized spacial score (nSPS) is 11.0. The number of nitrogens with one attached hydrogen (secondary N) is 1. The van der Waals surface area contributed by atoms with E-state index in [-0.39, 0.29) is 16.8 Å². The van der Waals surface area contributed by atoms with Gasteiger partial charge in [-0.3, -0.25) is 9.59 Å². The van der Waals surface area contributed by atoms with Crippen LogP contribution in [0.2, 0.25) is 0 Å². The standard InChI is InChI=1S/C14H15NO2/c1-9(2)11-12(14(17)13(11)16)15-8-10-6-4-3-5-7-10/h3-7,9,15H,8H2,1-2H3. The van der Waals surface area contributed by atoms with E-state index in [2.05, 4.69) is 5.32 Å². The lowest BCUT2D eigenvalue weighted by Gasteiger charge is -2.15. The molecule has 0 aliphatic carbocycles. The highest BCUT2D eigenvalue weighted by Gasteiger charge is 2.22. The molecule has 0 heterocycles. The quantitative estimate of drug-likeness (QED) is 0.816. The molecule has 3 heteroatoms. The van der Waals surface area contributed by atoms with Crippen molar-refractivity contribution in [1.82, 2.24) is 0 Å². The second-order valence-electron chi connectivity index (χ2n) is 4.44. The maximum Gasteiger partial charge on any atom is 0.249 e. The Bertz CT molecular complexity index is 578. The first-order valence-electron chi connectivity index (χ1n) is 5.72. The molecule has 0 radical (unpaired) electrons. The summed E-state index contributed by atoms with van der Waals surface area (Å²) in [6, 6.07) is 9.80. The molecule has 3 nitrogen and oxygen atoms in total. The molecule has 88 valence electrons. The molecule has 0 unspecified atom stereocenters. The third-order valence-corrected chi connectivity index (χ3v) is 2.84. The van der Waals surface area contributed by atoms with Crippen molar-refractivity contribution in [2.75, 3.05) is 5.32 Å². The lowest BCUT2D eigenvalue weighted by Crippen LogP contribution is -2.39. The van der Waals surface area contributed by atoms with E-state index < -0.39 is 0 Å². The van der Waals surface area contributed by atoms with Crippen LogP contribution in [0.25, 0.3) is 0 Å². The number of benzene rings is 1. The third kappa shape index (κ3) is 2.13. The molecule has 2 aromatic carbocycles. The van der Waals surface area contributed by atoms with Crippen LogP contribution in [0.1, 0.15) is 30.9 Å². The zero-order chi connectivity index (χ0) is 12.4. The molecule has 0 saturated carbocycles. The fourth-order valence-electron chi connectivity index (χ4n) is 1.92. The lowest BCUT2D eigenvalue weighted by molar-refractivity contribution is 0.839. The fourth-order valence-corrected chi connectivity index (χ4v) is 1.92. The number of anilines is 1. The minimum Gasteiger partial charge on any atom is -0.377 e. The van der Waals surface area contributed by atoms with Gasteiger partial charge in [0.15, 0.2) is 0 Å². The van der Waals surface area contributed by atoms with Gasteiger partial charge < -0.3 is 5.32 Å². The Kier molecular flexibility index (Phi) is 3.09. The van der Waals surface area contributed by atoms with Crippen LogP contribution in [-0.4, -0.2) is 0 Å². The third-order valence-electron chi connectivity index (χ3n) is 2.84. The Labute approximate surface area is 99.8 Å². The van der Waals surface area contributed by atoms with Crippen molar-refractivity contribution in [3.8, 4) is 0 Å². The van der Waals surface area contributed by atoms with Crippen molar-refractivity contribution < 1.29 is 0 Å². The van der Waals surface area contributed by atoms with Crippen molar-refractivity contribution in [2.24, 2.45) is 0 Å². The first-order chi connectivity index (χ1) is 8.11. The van der Waals surface area contributed by atoms with Crippen LogP contribution in [0.3, 0.4) is 0 Å². The van der Waals surface area contributed by atoms with Crippen LogP contribution in [0.15, 0.2) is 39.9 Å². The SMILES string of the molecule is CC(C)c1c(NCc2ccccc2)c(=O)c1=O. The summed E-state index contributed by atoms with van der Waals surface area (Å²) in [5, 5.41) is 3.06. The summed E-state index contributed by atoms with van der Waals surface area (Å²) < 4.78 is 0. The van der Waals surface area contributed by atoms with Crippen molar-refractivity contribution in [2.45, 2.75) is 26.3 Å². The van der Waals surface area contributed by atoms with Gasteiger partial charge >= 0.3 is 0 Å². The van der Waals surface area contributed by atoms with Crippen LogP contribution >= 0.6 is 0 Å². The molecule has 1 N–H and O–H groups in total. The molecule has 0 atom stereocenters. The van der Waals surface area contributed by atoms with Gasteiger partial charge in [-0.25, -0.2) is 0 Å². The van der Waals surface area contributed by atoms with Gasteiger partial charge in [0.05, 0.1) is 5.69 Å². The number of hydrogen-bond acceptors (Lipinski definition) is 3. The minimum atomic E-state index is -0.385. The van der Waals surface area contributed by atoms with E-state index in [4.69, 9.17) is 0 Å². The lowest BCUT2D eigenvalue weighted by atomic mass is 9.96. The van der Waals surface area contributed by atoms with Crippen LogP contribution in [0, 0.1) is 0 Å². The van der Waals surface area contributed by atoms with Crippen molar-refractivity contribution in [3.63, 3.8) is 0 Å². The van der Waals surface area contributed by atoms with E-state index in [1.54, 1.807) is 0 Å². The van der Waals surface area contributed by atoms with E-state index in [0.717, 1.165) is 5.56 Å². The molecule has 2 aromatic rings. The van der Waals surface area contributed by atoms with Gasteiger partial charge in [-0.2, -0.15) is 0 Å². The Morgan fingerprint density at radius 3 is 2.29 bits per heavy atom. The zero-order valence-corrected chi connectivity index (χ0v) is 9.99. The molecule has 0 fully saturated rings. The van der Waals surface area contributed by atoms with Crippen LogP contribution in [0.5, 0.6) is 0 Å². The molecular weight excluding hydrogens is 214 g/mol. The first-order valence-corrected chi connectivity index (χ1v) is 5.72. The summed E-state index contributed by atoms with van der Waals surface area (Å²) in [6.07, 6.45) is 0. The molecule has 0 saturated heterocycles. The van der Waals surface area contributed by atoms with Crippen molar-refractivity contribution in [3.05, 3.63) is 61.9 Å². The number of hydrogen-bond donors (Lipinski definition) is 1. The fraction of sp³-hybridized carbons (Fsp3) is 0.286. The number of rotatable bonds is 4. The average molecular weight is 229 g/mol. The molecule has 0 spiro atoms. The molecule has 0 bridgehead atoms. The van der Waals surface area contributed by atoms with E-state index in [9.17, 15) is 9.59 Å². The van der Waals surface area contributed by atoms with Crippen LogP contribution in [-0.2, 0) is 6.54 Å². The molecule has 17 heavy (non-hydrogen) atoms. The Hall–Kier alpha value is -1.90. The highest BCUT2D eigenvalue weighted by atomic mass is 16.2. The summed E-state index contributed by atoms with van der Waals surface area (Å²) >= 11 is 0. The summed E-state index contributed by atoms with van der Waals surface area (Å²) in [4.78, 5) is 22.8. The van der Waals surface area contributed by atoms with Gasteiger partial charge in [-0.15, -0.1) is 0 Å². The van der Waals surface area contributed by atoms with E-state index >= 15 is 0 Å². The minimum absolute atomic E-state index is 0.0958. The summed E-state index contributed by atoms with van der Waals surface area (Å²) in [5.74, 6) is 0.0958. The summed E-state index contributed by atoms with van der Waals surface area (Å²) in [6.45, 7) is 4.42. The molecule has 0 aromatic heterocycles. The first kappa shape index (κ1) is 11.6. The topological polar surface area (TPSA) is 46.2 Å². The van der Waals surface area contributed by atoms with E-state index in [1.165, 1.54) is 0 Å². The van der Waals surface area contributed by atoms with E-state index in [0.29, 0.717) is 17.8 Å². The molecular formula is C14H15NO2. The predicted octanol–water partition coefficient (Wildman–Crippen LogP) is 2.02. The monoisotopic (exact) mass is 229 g/mol. The largest absolute Gasteiger partial charge is 0.377 e. The molecule has 0 aliphatic heterocycles. The van der Waals surface area contributed by atoms with Gasteiger partial charge in [0.25, 0.3) is 0 Å². The van der Waals surface area contributed by atoms with Gasteiger partial charge in [0.2, 0.25) is 10.9 Å². The maximum absolute atomic E-state index is 11.4. The summed E-state index contributed by atoms with van der Waals surface area (Å²) in [7, 11) is 0. The second-order valence-corrected chi connectivity index (χ2v) is 4.44. The van der Waals surface area contributed by atoms with Crippen molar-refractivity contribution >= 4 is 5.69 Å². The van der Waals surface area contributed by atoms with Gasteiger partial charge in [-0.05, 0) is 11.5 Å². The maximum atomic E-state index is 11.4. The second kappa shape index (κ2) is 4.53. The van der Waals surface area contributed by atoms with Crippen LogP contribution < -0.4 is 16.2 Å². The van der Waals surface area contributed by atoms with Gasteiger partial charge in [-0.1, -0.05) is 44.2 Å². The predicted molar refractivity (Wildman–Crippen MR) is 69.2 cm³/mol. The zero-order valence-electron chi connectivity index (χ0n) is 9.99. The smallest absolute Gasteiger partial charge is 0.249 e. The molecule has 0 amide bonds. The molecule has 0 aliphatic rings. The average Bonchev–Trinajstić information content (AvgIpc) is 2.33. The summed E-state index contributed by atoms with van der Waals surface area (Å²) in [5.41, 5.74) is 1.50. The van der Waals surface area contributed by atoms with Crippen LogP contribution in [0.4, 0.5) is 5.69 Å². The highest BCUT2D eigenvalue weighted by molar-refractivity contribution is 5.58. The Morgan fingerprint density at radius 2 is 1.71 bits per heavy atom. The Morgan fingerprint density at radius 1 is 1.06 bits per heavy atom. The van der Waals surface area contributed by atoms with Gasteiger partial charge in [0.1, 0.15) is 0 Å². The highest BCUT2D eigenvalue weighted by Crippen LogP contribution is 2.19. The Balaban J connectivity index is 2.13.